The third-order valence-electron chi connectivity index (χ3n) is 5.12. The summed E-state index contributed by atoms with van der Waals surface area (Å²) in [6.45, 7) is 5.20. The first kappa shape index (κ1) is 20.9. The van der Waals surface area contributed by atoms with Crippen LogP contribution in [0.1, 0.15) is 47.7 Å². The Bertz CT molecular complexity index is 869. The maximum absolute atomic E-state index is 12.7. The number of aromatic hydroxyl groups is 1. The van der Waals surface area contributed by atoms with E-state index in [1.165, 1.54) is 19.3 Å². The number of piperidine rings is 1. The maximum Gasteiger partial charge on any atom is 0.185 e. The van der Waals surface area contributed by atoms with Crippen LogP contribution in [-0.2, 0) is 6.54 Å². The number of benzene rings is 2. The molecular formula is C24H29NO4. The van der Waals surface area contributed by atoms with Crippen molar-refractivity contribution in [1.82, 2.24) is 4.90 Å². The highest BCUT2D eigenvalue weighted by atomic mass is 16.5. The van der Waals surface area contributed by atoms with Crippen LogP contribution in [-0.4, -0.2) is 42.6 Å². The van der Waals surface area contributed by atoms with Gasteiger partial charge in [-0.3, -0.25) is 9.69 Å². The topological polar surface area (TPSA) is 59.0 Å². The van der Waals surface area contributed by atoms with E-state index >= 15 is 0 Å². The van der Waals surface area contributed by atoms with Crippen molar-refractivity contribution in [3.05, 3.63) is 59.2 Å². The lowest BCUT2D eigenvalue weighted by molar-refractivity contribution is 0.104. The van der Waals surface area contributed by atoms with Crippen LogP contribution in [0.25, 0.3) is 6.08 Å². The molecule has 0 spiro atoms. The van der Waals surface area contributed by atoms with Gasteiger partial charge in [-0.1, -0.05) is 18.6 Å². The number of carbonyl (C=O) groups is 1. The van der Waals surface area contributed by atoms with Gasteiger partial charge in [0.05, 0.1) is 13.7 Å². The molecular weight excluding hydrogens is 366 g/mol. The number of phenols is 1. The van der Waals surface area contributed by atoms with Gasteiger partial charge in [-0.15, -0.1) is 0 Å². The molecule has 29 heavy (non-hydrogen) atoms. The lowest BCUT2D eigenvalue weighted by atomic mass is 10.0. The second-order valence-electron chi connectivity index (χ2n) is 7.22. The number of hydrogen-bond acceptors (Lipinski definition) is 5. The smallest absolute Gasteiger partial charge is 0.185 e. The van der Waals surface area contributed by atoms with E-state index in [1.54, 1.807) is 37.5 Å². The summed E-state index contributed by atoms with van der Waals surface area (Å²) in [4.78, 5) is 15.0. The van der Waals surface area contributed by atoms with Gasteiger partial charge >= 0.3 is 0 Å². The van der Waals surface area contributed by atoms with E-state index in [2.05, 4.69) is 4.90 Å². The molecule has 0 aromatic heterocycles. The fourth-order valence-corrected chi connectivity index (χ4v) is 3.56. The maximum atomic E-state index is 12.7. The zero-order valence-corrected chi connectivity index (χ0v) is 17.2. The fourth-order valence-electron chi connectivity index (χ4n) is 3.56. The predicted octanol–water partition coefficient (Wildman–Crippen LogP) is 4.68. The summed E-state index contributed by atoms with van der Waals surface area (Å²) in [6.07, 6.45) is 6.96. The number of allylic oxidation sites excluding steroid dienone is 1. The molecule has 0 amide bonds. The van der Waals surface area contributed by atoms with Crippen LogP contribution in [0.4, 0.5) is 0 Å². The fraction of sp³-hybridized carbons (Fsp3) is 0.375. The largest absolute Gasteiger partial charge is 0.508 e. The first-order valence-electron chi connectivity index (χ1n) is 10.2. The van der Waals surface area contributed by atoms with Gasteiger partial charge < -0.3 is 14.6 Å². The Kier molecular flexibility index (Phi) is 7.30. The number of likely N-dealkylation sites (tertiary alicyclic amines) is 1. The summed E-state index contributed by atoms with van der Waals surface area (Å²) < 4.78 is 10.9. The van der Waals surface area contributed by atoms with Crippen LogP contribution < -0.4 is 9.47 Å². The molecule has 1 aliphatic heterocycles. The van der Waals surface area contributed by atoms with E-state index in [9.17, 15) is 9.90 Å². The minimum atomic E-state index is -0.0985. The van der Waals surface area contributed by atoms with Crippen molar-refractivity contribution in [1.29, 1.82) is 0 Å². The second-order valence-corrected chi connectivity index (χ2v) is 7.22. The van der Waals surface area contributed by atoms with E-state index in [1.807, 2.05) is 25.1 Å². The average Bonchev–Trinajstić information content (AvgIpc) is 2.74. The van der Waals surface area contributed by atoms with Gasteiger partial charge in [0.25, 0.3) is 0 Å². The first-order valence-corrected chi connectivity index (χ1v) is 10.2. The molecule has 0 unspecified atom stereocenters. The van der Waals surface area contributed by atoms with Gasteiger partial charge in [-0.2, -0.15) is 0 Å². The Balaban J connectivity index is 1.73. The Labute approximate surface area is 172 Å². The van der Waals surface area contributed by atoms with Crippen LogP contribution in [0.3, 0.4) is 0 Å². The highest BCUT2D eigenvalue weighted by Crippen LogP contribution is 2.29. The normalized spacial score (nSPS) is 14.8. The number of carbonyl (C=O) groups excluding carboxylic acids is 1. The molecule has 2 aromatic carbocycles. The van der Waals surface area contributed by atoms with Crippen molar-refractivity contribution < 1.29 is 19.4 Å². The van der Waals surface area contributed by atoms with Crippen molar-refractivity contribution >= 4 is 11.9 Å². The molecule has 1 fully saturated rings. The Morgan fingerprint density at radius 2 is 1.90 bits per heavy atom. The standard InChI is InChI=1S/C24H29NO4/c1-3-29-24-15-18(8-12-23(24)28-2)7-10-21(26)19-9-11-22(27)20(16-19)17-25-13-5-4-6-14-25/h7-12,15-16,27H,3-6,13-14,17H2,1-2H3/b10-7+. The van der Waals surface area contributed by atoms with Crippen LogP contribution in [0.5, 0.6) is 17.2 Å². The molecule has 0 radical (unpaired) electrons. The molecule has 3 rings (SSSR count). The molecule has 0 atom stereocenters. The molecule has 2 aromatic rings. The summed E-state index contributed by atoms with van der Waals surface area (Å²) in [5, 5.41) is 10.2. The van der Waals surface area contributed by atoms with E-state index in [0.717, 1.165) is 24.2 Å². The molecule has 1 N–H and O–H groups in total. The van der Waals surface area contributed by atoms with Crippen molar-refractivity contribution in [3.63, 3.8) is 0 Å². The highest BCUT2D eigenvalue weighted by Gasteiger charge is 2.14. The van der Waals surface area contributed by atoms with E-state index < -0.39 is 0 Å². The van der Waals surface area contributed by atoms with E-state index in [4.69, 9.17) is 9.47 Å². The molecule has 0 bridgehead atoms. The van der Waals surface area contributed by atoms with Crippen LogP contribution in [0.2, 0.25) is 0 Å². The summed E-state index contributed by atoms with van der Waals surface area (Å²) in [6, 6.07) is 10.6. The number of nitrogens with zero attached hydrogens (tertiary/aromatic N) is 1. The first-order chi connectivity index (χ1) is 14.1. The SMILES string of the molecule is CCOc1cc(/C=C/C(=O)c2ccc(O)c(CN3CCCCC3)c2)ccc1OC. The monoisotopic (exact) mass is 395 g/mol. The second kappa shape index (κ2) is 10.1. The van der Waals surface area contributed by atoms with Crippen molar-refractivity contribution in [3.8, 4) is 17.2 Å². The zero-order chi connectivity index (χ0) is 20.6. The summed E-state index contributed by atoms with van der Waals surface area (Å²) in [7, 11) is 1.60. The molecule has 1 heterocycles. The van der Waals surface area contributed by atoms with E-state index in [0.29, 0.717) is 30.2 Å². The molecule has 1 aliphatic rings. The van der Waals surface area contributed by atoms with Gasteiger partial charge in [0.1, 0.15) is 5.75 Å². The number of ether oxygens (including phenoxy) is 2. The van der Waals surface area contributed by atoms with Gasteiger partial charge in [0, 0.05) is 17.7 Å². The van der Waals surface area contributed by atoms with Crippen molar-refractivity contribution in [2.45, 2.75) is 32.7 Å². The Hall–Kier alpha value is -2.79. The zero-order valence-electron chi connectivity index (χ0n) is 17.2. The van der Waals surface area contributed by atoms with Crippen LogP contribution >= 0.6 is 0 Å². The number of phenolic OH excluding ortho intramolecular Hbond substituents is 1. The minimum absolute atomic E-state index is 0.0985. The summed E-state index contributed by atoms with van der Waals surface area (Å²) in [5.41, 5.74) is 2.23. The molecule has 154 valence electrons. The van der Waals surface area contributed by atoms with E-state index in [-0.39, 0.29) is 11.5 Å². The Morgan fingerprint density at radius 1 is 1.10 bits per heavy atom. The highest BCUT2D eigenvalue weighted by molar-refractivity contribution is 6.07. The van der Waals surface area contributed by atoms with Gasteiger partial charge in [0.15, 0.2) is 17.3 Å². The minimum Gasteiger partial charge on any atom is -0.508 e. The number of ketones is 1. The molecule has 5 heteroatoms. The van der Waals surface area contributed by atoms with Gasteiger partial charge in [-0.25, -0.2) is 0 Å². The number of methoxy groups -OCH3 is 1. The lowest BCUT2D eigenvalue weighted by Gasteiger charge is -2.26. The summed E-state index contributed by atoms with van der Waals surface area (Å²) >= 11 is 0. The lowest BCUT2D eigenvalue weighted by Crippen LogP contribution is -2.29. The molecule has 5 nitrogen and oxygen atoms in total. The quantitative estimate of drug-likeness (QED) is 0.519. The molecule has 0 aliphatic carbocycles. The molecule has 1 saturated heterocycles. The summed E-state index contributed by atoms with van der Waals surface area (Å²) in [5.74, 6) is 1.46. The number of hydrogen-bond donors (Lipinski definition) is 1. The van der Waals surface area contributed by atoms with Crippen LogP contribution in [0.15, 0.2) is 42.5 Å². The van der Waals surface area contributed by atoms with Crippen LogP contribution in [0, 0.1) is 0 Å². The molecule has 0 saturated carbocycles. The van der Waals surface area contributed by atoms with Gasteiger partial charge in [-0.05, 0) is 74.8 Å². The van der Waals surface area contributed by atoms with Gasteiger partial charge in [0.2, 0.25) is 0 Å². The average molecular weight is 395 g/mol. The predicted molar refractivity (Wildman–Crippen MR) is 115 cm³/mol. The van der Waals surface area contributed by atoms with Crippen molar-refractivity contribution in [2.75, 3.05) is 26.8 Å². The van der Waals surface area contributed by atoms with Crippen molar-refractivity contribution in [2.24, 2.45) is 0 Å². The third-order valence-corrected chi connectivity index (χ3v) is 5.12. The Morgan fingerprint density at radius 3 is 2.62 bits per heavy atom. The third kappa shape index (κ3) is 5.61. The number of rotatable bonds is 8.